The molecule has 4 aromatic rings. The molecule has 0 unspecified atom stereocenters. The molecule has 2 aromatic heterocycles. The Bertz CT molecular complexity index is 882. The molecular formula is C20H20N4OS. The Morgan fingerprint density at radius 1 is 0.808 bits per heavy atom. The minimum atomic E-state index is 0.781. The minimum Gasteiger partial charge on any atom is -0.439 e. The Labute approximate surface area is 155 Å². The quantitative estimate of drug-likeness (QED) is 0.552. The van der Waals surface area contributed by atoms with Gasteiger partial charge in [-0.25, -0.2) is 9.97 Å². The van der Waals surface area contributed by atoms with E-state index in [1.54, 1.807) is 11.3 Å². The molecule has 3 heterocycles. The maximum atomic E-state index is 5.85. The van der Waals surface area contributed by atoms with Gasteiger partial charge in [-0.3, -0.25) is 9.80 Å². The van der Waals surface area contributed by atoms with Gasteiger partial charge in [-0.15, -0.1) is 11.3 Å². The van der Waals surface area contributed by atoms with Crippen LogP contribution in [0.4, 0.5) is 0 Å². The molecule has 2 aromatic carbocycles. The number of hydrogen-bond donors (Lipinski definition) is 0. The highest BCUT2D eigenvalue weighted by Gasteiger charge is 2.20. The Morgan fingerprint density at radius 2 is 1.50 bits per heavy atom. The van der Waals surface area contributed by atoms with Crippen molar-refractivity contribution in [2.45, 2.75) is 13.1 Å². The molecular weight excluding hydrogens is 344 g/mol. The zero-order valence-corrected chi connectivity index (χ0v) is 15.3. The van der Waals surface area contributed by atoms with Gasteiger partial charge in [0, 0.05) is 26.2 Å². The van der Waals surface area contributed by atoms with E-state index in [0.29, 0.717) is 0 Å². The Kier molecular flexibility index (Phi) is 4.16. The first-order valence-electron chi connectivity index (χ1n) is 8.97. The van der Waals surface area contributed by atoms with Crippen molar-refractivity contribution in [3.05, 3.63) is 59.4 Å². The van der Waals surface area contributed by atoms with Crippen LogP contribution in [-0.4, -0.2) is 45.9 Å². The van der Waals surface area contributed by atoms with Gasteiger partial charge in [0.15, 0.2) is 5.58 Å². The Morgan fingerprint density at radius 3 is 2.27 bits per heavy atom. The fraction of sp³-hybridized carbons (Fsp3) is 0.300. The van der Waals surface area contributed by atoms with Crippen molar-refractivity contribution >= 4 is 32.7 Å². The third-order valence-electron chi connectivity index (χ3n) is 4.86. The van der Waals surface area contributed by atoms with Crippen molar-refractivity contribution in [1.29, 1.82) is 0 Å². The standard InChI is InChI=1S/C20H20N4OS/c1-3-7-17-15(5-1)21-19(25-17)13-23-9-11-24(12-10-23)14-20-22-16-6-2-4-8-18(16)26-20/h1-8H,9-14H2. The lowest BCUT2D eigenvalue weighted by molar-refractivity contribution is 0.115. The van der Waals surface area contributed by atoms with Crippen LogP contribution in [0, 0.1) is 0 Å². The van der Waals surface area contributed by atoms with Crippen molar-refractivity contribution in [2.24, 2.45) is 0 Å². The van der Waals surface area contributed by atoms with Gasteiger partial charge in [0.05, 0.1) is 23.3 Å². The largest absolute Gasteiger partial charge is 0.439 e. The highest BCUT2D eigenvalue weighted by molar-refractivity contribution is 7.18. The molecule has 1 aliphatic rings. The smallest absolute Gasteiger partial charge is 0.209 e. The zero-order chi connectivity index (χ0) is 17.3. The van der Waals surface area contributed by atoms with Crippen LogP contribution < -0.4 is 0 Å². The highest BCUT2D eigenvalue weighted by atomic mass is 32.1. The molecule has 1 fully saturated rings. The van der Waals surface area contributed by atoms with Gasteiger partial charge >= 0.3 is 0 Å². The third-order valence-corrected chi connectivity index (χ3v) is 5.88. The van der Waals surface area contributed by atoms with Gasteiger partial charge in [0.2, 0.25) is 5.89 Å². The summed E-state index contributed by atoms with van der Waals surface area (Å²) in [6, 6.07) is 16.3. The molecule has 1 saturated heterocycles. The van der Waals surface area contributed by atoms with Crippen molar-refractivity contribution in [3.8, 4) is 0 Å². The molecule has 6 heteroatoms. The van der Waals surface area contributed by atoms with Crippen LogP contribution >= 0.6 is 11.3 Å². The van der Waals surface area contributed by atoms with E-state index in [1.165, 1.54) is 9.71 Å². The minimum absolute atomic E-state index is 0.781. The van der Waals surface area contributed by atoms with E-state index >= 15 is 0 Å². The van der Waals surface area contributed by atoms with E-state index in [-0.39, 0.29) is 0 Å². The predicted octanol–water partition coefficient (Wildman–Crippen LogP) is 3.76. The number of aromatic nitrogens is 2. The predicted molar refractivity (Wildman–Crippen MR) is 104 cm³/mol. The van der Waals surface area contributed by atoms with Crippen LogP contribution in [0.2, 0.25) is 0 Å². The van der Waals surface area contributed by atoms with Crippen LogP contribution in [0.3, 0.4) is 0 Å². The van der Waals surface area contributed by atoms with Gasteiger partial charge in [0.1, 0.15) is 10.5 Å². The molecule has 0 atom stereocenters. The molecule has 0 radical (unpaired) electrons. The second-order valence-electron chi connectivity index (χ2n) is 6.70. The van der Waals surface area contributed by atoms with E-state index < -0.39 is 0 Å². The first kappa shape index (κ1) is 15.9. The van der Waals surface area contributed by atoms with Crippen LogP contribution in [0.25, 0.3) is 21.3 Å². The van der Waals surface area contributed by atoms with Gasteiger partial charge in [0.25, 0.3) is 0 Å². The lowest BCUT2D eigenvalue weighted by Crippen LogP contribution is -2.45. The van der Waals surface area contributed by atoms with Crippen molar-refractivity contribution in [1.82, 2.24) is 19.8 Å². The fourth-order valence-electron chi connectivity index (χ4n) is 3.46. The van der Waals surface area contributed by atoms with Crippen molar-refractivity contribution < 1.29 is 4.42 Å². The maximum Gasteiger partial charge on any atom is 0.209 e. The first-order valence-corrected chi connectivity index (χ1v) is 9.79. The van der Waals surface area contributed by atoms with E-state index in [0.717, 1.165) is 61.8 Å². The second-order valence-corrected chi connectivity index (χ2v) is 7.82. The van der Waals surface area contributed by atoms with Crippen molar-refractivity contribution in [3.63, 3.8) is 0 Å². The number of fused-ring (bicyclic) bond motifs is 2. The molecule has 5 nitrogen and oxygen atoms in total. The fourth-order valence-corrected chi connectivity index (χ4v) is 4.47. The van der Waals surface area contributed by atoms with Crippen LogP contribution in [-0.2, 0) is 13.1 Å². The molecule has 5 rings (SSSR count). The van der Waals surface area contributed by atoms with Crippen LogP contribution in [0.5, 0.6) is 0 Å². The summed E-state index contributed by atoms with van der Waals surface area (Å²) in [6.07, 6.45) is 0. The van der Waals surface area contributed by atoms with E-state index in [1.807, 2.05) is 24.3 Å². The number of hydrogen-bond acceptors (Lipinski definition) is 6. The lowest BCUT2D eigenvalue weighted by atomic mass is 10.3. The molecule has 1 aliphatic heterocycles. The van der Waals surface area contributed by atoms with E-state index in [9.17, 15) is 0 Å². The van der Waals surface area contributed by atoms with Gasteiger partial charge in [-0.1, -0.05) is 24.3 Å². The van der Waals surface area contributed by atoms with Crippen LogP contribution in [0.1, 0.15) is 10.9 Å². The van der Waals surface area contributed by atoms with E-state index in [2.05, 4.69) is 39.0 Å². The molecule has 26 heavy (non-hydrogen) atoms. The summed E-state index contributed by atoms with van der Waals surface area (Å²) in [4.78, 5) is 14.2. The average molecular weight is 364 g/mol. The maximum absolute atomic E-state index is 5.85. The second kappa shape index (κ2) is 6.79. The summed E-state index contributed by atoms with van der Waals surface area (Å²) >= 11 is 1.81. The topological polar surface area (TPSA) is 45.4 Å². The van der Waals surface area contributed by atoms with Gasteiger partial charge in [-0.05, 0) is 24.3 Å². The summed E-state index contributed by atoms with van der Waals surface area (Å²) in [6.45, 7) is 5.89. The number of rotatable bonds is 4. The molecule has 0 bridgehead atoms. The van der Waals surface area contributed by atoms with Gasteiger partial charge in [-0.2, -0.15) is 0 Å². The number of para-hydroxylation sites is 3. The third kappa shape index (κ3) is 3.23. The molecule has 0 N–H and O–H groups in total. The normalized spacial score (nSPS) is 16.6. The zero-order valence-electron chi connectivity index (χ0n) is 14.5. The molecule has 0 spiro atoms. The number of oxazole rings is 1. The Balaban J connectivity index is 1.19. The molecule has 0 saturated carbocycles. The monoisotopic (exact) mass is 364 g/mol. The van der Waals surface area contributed by atoms with Crippen molar-refractivity contribution in [2.75, 3.05) is 26.2 Å². The summed E-state index contributed by atoms with van der Waals surface area (Å²) < 4.78 is 7.13. The highest BCUT2D eigenvalue weighted by Crippen LogP contribution is 2.23. The summed E-state index contributed by atoms with van der Waals surface area (Å²) in [5.74, 6) is 0.811. The first-order chi connectivity index (χ1) is 12.8. The Hall–Kier alpha value is -2.28. The average Bonchev–Trinajstić information content (AvgIpc) is 3.25. The number of nitrogens with zero attached hydrogens (tertiary/aromatic N) is 4. The lowest BCUT2D eigenvalue weighted by Gasteiger charge is -2.33. The molecule has 0 amide bonds. The number of benzene rings is 2. The van der Waals surface area contributed by atoms with E-state index in [4.69, 9.17) is 9.40 Å². The molecule has 132 valence electrons. The van der Waals surface area contributed by atoms with Crippen LogP contribution in [0.15, 0.2) is 52.9 Å². The number of thiazole rings is 1. The summed E-state index contributed by atoms with van der Waals surface area (Å²) in [5.41, 5.74) is 2.93. The summed E-state index contributed by atoms with van der Waals surface area (Å²) in [5, 5.41) is 1.21. The van der Waals surface area contributed by atoms with Gasteiger partial charge < -0.3 is 4.42 Å². The summed E-state index contributed by atoms with van der Waals surface area (Å²) in [7, 11) is 0. The molecule has 0 aliphatic carbocycles. The SMILES string of the molecule is c1ccc2oc(CN3CCN(Cc4nc5ccccc5s4)CC3)nc2c1. The number of piperazine rings is 1.